The predicted molar refractivity (Wildman–Crippen MR) is 83.4 cm³/mol. The lowest BCUT2D eigenvalue weighted by Gasteiger charge is -2.26. The third-order valence-electron chi connectivity index (χ3n) is 2.73. The summed E-state index contributed by atoms with van der Waals surface area (Å²) in [4.78, 5) is 24.4. The first-order chi connectivity index (χ1) is 9.61. The standard InChI is InChI=1S/C16H22ClNO3/c1-10(2)13(15(20)21-16(3,4)5)18-14(19)11-8-6-7-9-12(11)17/h6-10,13H,1-5H3,(H,18,19)/t13-/m1/s1. The summed E-state index contributed by atoms with van der Waals surface area (Å²) in [5, 5.41) is 3.05. The van der Waals surface area contributed by atoms with E-state index in [1.54, 1.807) is 45.0 Å². The largest absolute Gasteiger partial charge is 0.458 e. The number of hydrogen-bond donors (Lipinski definition) is 1. The van der Waals surface area contributed by atoms with E-state index >= 15 is 0 Å². The Morgan fingerprint density at radius 3 is 2.24 bits per heavy atom. The molecule has 0 aliphatic rings. The van der Waals surface area contributed by atoms with E-state index in [2.05, 4.69) is 5.32 Å². The average molecular weight is 312 g/mol. The summed E-state index contributed by atoms with van der Waals surface area (Å²) in [6, 6.07) is 6.00. The molecule has 0 aromatic heterocycles. The summed E-state index contributed by atoms with van der Waals surface area (Å²) in [5.74, 6) is -0.922. The molecule has 21 heavy (non-hydrogen) atoms. The molecule has 0 saturated heterocycles. The number of hydrogen-bond acceptors (Lipinski definition) is 3. The maximum absolute atomic E-state index is 12.2. The molecule has 1 amide bonds. The van der Waals surface area contributed by atoms with Crippen molar-refractivity contribution in [1.82, 2.24) is 5.32 Å². The molecule has 0 heterocycles. The maximum atomic E-state index is 12.2. The van der Waals surface area contributed by atoms with E-state index in [4.69, 9.17) is 16.3 Å². The smallest absolute Gasteiger partial charge is 0.329 e. The van der Waals surface area contributed by atoms with Gasteiger partial charge >= 0.3 is 5.97 Å². The second-order valence-corrected chi connectivity index (χ2v) is 6.62. The van der Waals surface area contributed by atoms with E-state index in [0.29, 0.717) is 10.6 Å². The Bertz CT molecular complexity index is 520. The summed E-state index contributed by atoms with van der Waals surface area (Å²) in [6.07, 6.45) is 0. The van der Waals surface area contributed by atoms with Crippen molar-refractivity contribution in [2.75, 3.05) is 0 Å². The third-order valence-corrected chi connectivity index (χ3v) is 3.06. The van der Waals surface area contributed by atoms with E-state index in [1.807, 2.05) is 13.8 Å². The normalized spacial score (nSPS) is 12.9. The van der Waals surface area contributed by atoms with E-state index in [9.17, 15) is 9.59 Å². The second-order valence-electron chi connectivity index (χ2n) is 6.21. The Labute approximate surface area is 130 Å². The van der Waals surface area contributed by atoms with Gasteiger partial charge in [-0.2, -0.15) is 0 Å². The van der Waals surface area contributed by atoms with Gasteiger partial charge in [0.15, 0.2) is 0 Å². The summed E-state index contributed by atoms with van der Waals surface area (Å²) in [5.41, 5.74) is -0.257. The molecule has 0 aliphatic carbocycles. The molecule has 1 rings (SSSR count). The number of amides is 1. The monoisotopic (exact) mass is 311 g/mol. The van der Waals surface area contributed by atoms with Crippen LogP contribution in [0.5, 0.6) is 0 Å². The van der Waals surface area contributed by atoms with Gasteiger partial charge in [0.25, 0.3) is 5.91 Å². The quantitative estimate of drug-likeness (QED) is 0.867. The van der Waals surface area contributed by atoms with Gasteiger partial charge in [0.1, 0.15) is 11.6 Å². The zero-order valence-electron chi connectivity index (χ0n) is 13.1. The van der Waals surface area contributed by atoms with Crippen molar-refractivity contribution in [1.29, 1.82) is 0 Å². The first kappa shape index (κ1) is 17.5. The molecule has 1 atom stereocenters. The molecule has 0 spiro atoms. The zero-order valence-corrected chi connectivity index (χ0v) is 13.8. The molecule has 0 radical (unpaired) electrons. The van der Waals surface area contributed by atoms with Gasteiger partial charge in [-0.1, -0.05) is 37.6 Å². The molecule has 0 saturated carbocycles. The highest BCUT2D eigenvalue weighted by molar-refractivity contribution is 6.33. The van der Waals surface area contributed by atoms with Gasteiger partial charge in [-0.05, 0) is 38.8 Å². The van der Waals surface area contributed by atoms with Crippen LogP contribution in [-0.2, 0) is 9.53 Å². The number of ether oxygens (including phenoxy) is 1. The lowest BCUT2D eigenvalue weighted by molar-refractivity contribution is -0.158. The fourth-order valence-electron chi connectivity index (χ4n) is 1.73. The van der Waals surface area contributed by atoms with Gasteiger partial charge < -0.3 is 10.1 Å². The highest BCUT2D eigenvalue weighted by Crippen LogP contribution is 2.17. The Kier molecular flexibility index (Phi) is 5.78. The number of carbonyl (C=O) groups is 2. The minimum atomic E-state index is -0.715. The number of rotatable bonds is 4. The van der Waals surface area contributed by atoms with Crippen molar-refractivity contribution in [3.8, 4) is 0 Å². The second kappa shape index (κ2) is 6.94. The fourth-order valence-corrected chi connectivity index (χ4v) is 1.95. The molecule has 0 fully saturated rings. The van der Waals surface area contributed by atoms with Crippen molar-refractivity contribution >= 4 is 23.5 Å². The van der Waals surface area contributed by atoms with E-state index in [0.717, 1.165) is 0 Å². The third kappa shape index (κ3) is 5.38. The van der Waals surface area contributed by atoms with E-state index < -0.39 is 17.6 Å². The van der Waals surface area contributed by atoms with Crippen LogP contribution in [0.2, 0.25) is 5.02 Å². The van der Waals surface area contributed by atoms with Gasteiger partial charge in [-0.15, -0.1) is 0 Å². The molecule has 1 aromatic carbocycles. The molecule has 1 aromatic rings. The highest BCUT2D eigenvalue weighted by Gasteiger charge is 2.29. The minimum Gasteiger partial charge on any atom is -0.458 e. The average Bonchev–Trinajstić information content (AvgIpc) is 2.33. The van der Waals surface area contributed by atoms with Crippen LogP contribution < -0.4 is 5.32 Å². The van der Waals surface area contributed by atoms with Crippen molar-refractivity contribution < 1.29 is 14.3 Å². The van der Waals surface area contributed by atoms with Crippen LogP contribution in [0.3, 0.4) is 0 Å². The van der Waals surface area contributed by atoms with Crippen molar-refractivity contribution in [2.45, 2.75) is 46.3 Å². The summed E-state index contributed by atoms with van der Waals surface area (Å²) >= 11 is 5.99. The molecule has 5 heteroatoms. The van der Waals surface area contributed by atoms with Gasteiger partial charge in [-0.25, -0.2) is 4.79 Å². The number of carbonyl (C=O) groups excluding carboxylic acids is 2. The summed E-state index contributed by atoms with van der Waals surface area (Å²) < 4.78 is 5.34. The topological polar surface area (TPSA) is 55.4 Å². The lowest BCUT2D eigenvalue weighted by Crippen LogP contribution is -2.47. The van der Waals surface area contributed by atoms with Crippen LogP contribution in [0.25, 0.3) is 0 Å². The van der Waals surface area contributed by atoms with E-state index in [1.165, 1.54) is 0 Å². The van der Waals surface area contributed by atoms with Gasteiger partial charge in [0, 0.05) is 0 Å². The molecular formula is C16H22ClNO3. The maximum Gasteiger partial charge on any atom is 0.329 e. The molecule has 0 bridgehead atoms. The molecule has 0 unspecified atom stereocenters. The van der Waals surface area contributed by atoms with Gasteiger partial charge in [0.05, 0.1) is 10.6 Å². The lowest BCUT2D eigenvalue weighted by atomic mass is 10.0. The van der Waals surface area contributed by atoms with Crippen molar-refractivity contribution in [3.05, 3.63) is 34.9 Å². The van der Waals surface area contributed by atoms with Crippen LogP contribution in [0.15, 0.2) is 24.3 Å². The van der Waals surface area contributed by atoms with Crippen LogP contribution >= 0.6 is 11.6 Å². The number of benzene rings is 1. The number of esters is 1. The molecule has 1 N–H and O–H groups in total. The SMILES string of the molecule is CC(C)[C@@H](NC(=O)c1ccccc1Cl)C(=O)OC(C)(C)C. The highest BCUT2D eigenvalue weighted by atomic mass is 35.5. The van der Waals surface area contributed by atoms with Crippen LogP contribution in [0.4, 0.5) is 0 Å². The zero-order chi connectivity index (χ0) is 16.2. The van der Waals surface area contributed by atoms with Crippen LogP contribution in [0, 0.1) is 5.92 Å². The van der Waals surface area contributed by atoms with Gasteiger partial charge in [0.2, 0.25) is 0 Å². The summed E-state index contributed by atoms with van der Waals surface area (Å²) in [6.45, 7) is 9.07. The summed E-state index contributed by atoms with van der Waals surface area (Å²) in [7, 11) is 0. The van der Waals surface area contributed by atoms with Crippen molar-refractivity contribution in [3.63, 3.8) is 0 Å². The number of nitrogens with one attached hydrogen (secondary N) is 1. The van der Waals surface area contributed by atoms with Crippen LogP contribution in [0.1, 0.15) is 45.0 Å². The minimum absolute atomic E-state index is 0.0914. The number of halogens is 1. The molecule has 4 nitrogen and oxygen atoms in total. The first-order valence-electron chi connectivity index (χ1n) is 6.90. The Morgan fingerprint density at radius 1 is 1.19 bits per heavy atom. The Hall–Kier alpha value is -1.55. The molecular weight excluding hydrogens is 290 g/mol. The Balaban J connectivity index is 2.87. The Morgan fingerprint density at radius 2 is 1.76 bits per heavy atom. The predicted octanol–water partition coefficient (Wildman–Crippen LogP) is 3.44. The van der Waals surface area contributed by atoms with E-state index in [-0.39, 0.29) is 11.8 Å². The fraction of sp³-hybridized carbons (Fsp3) is 0.500. The first-order valence-corrected chi connectivity index (χ1v) is 7.28. The van der Waals surface area contributed by atoms with Crippen LogP contribution in [-0.4, -0.2) is 23.5 Å². The molecule has 116 valence electrons. The van der Waals surface area contributed by atoms with Gasteiger partial charge in [-0.3, -0.25) is 4.79 Å². The molecule has 0 aliphatic heterocycles. The van der Waals surface area contributed by atoms with Crippen molar-refractivity contribution in [2.24, 2.45) is 5.92 Å².